The summed E-state index contributed by atoms with van der Waals surface area (Å²) in [5.41, 5.74) is 0. The third kappa shape index (κ3) is 1.18. The van der Waals surface area contributed by atoms with Crippen LogP contribution < -0.4 is 5.32 Å². The molecule has 1 aliphatic carbocycles. The van der Waals surface area contributed by atoms with Gasteiger partial charge < -0.3 is 14.8 Å². The molecule has 2 fully saturated rings. The molecule has 0 atom stereocenters. The van der Waals surface area contributed by atoms with Gasteiger partial charge in [0.15, 0.2) is 5.82 Å². The molecular weight excluding hydrogens is 240 g/mol. The monoisotopic (exact) mass is 250 g/mol. The molecule has 0 aromatic carbocycles. The Morgan fingerprint density at radius 1 is 1.22 bits per heavy atom. The van der Waals surface area contributed by atoms with Crippen molar-refractivity contribution >= 4 is 11.9 Å². The van der Waals surface area contributed by atoms with Gasteiger partial charge in [0.05, 0.1) is 13.1 Å². The Morgan fingerprint density at radius 3 is 2.61 bits per heavy atom. The Hall–Kier alpha value is -1.96. The van der Waals surface area contributed by atoms with Crippen molar-refractivity contribution in [3.63, 3.8) is 0 Å². The third-order valence-electron chi connectivity index (χ3n) is 3.34. The van der Waals surface area contributed by atoms with Gasteiger partial charge in [0.1, 0.15) is 5.82 Å². The number of aromatic nitrogens is 3. The van der Waals surface area contributed by atoms with Crippen LogP contribution in [0.25, 0.3) is 0 Å². The van der Waals surface area contributed by atoms with Gasteiger partial charge in [-0.05, 0) is 12.8 Å². The predicted molar refractivity (Wildman–Crippen MR) is 53.9 cm³/mol. The Morgan fingerprint density at radius 2 is 1.94 bits per heavy atom. The average Bonchev–Trinajstić information content (AvgIpc) is 3.02. The van der Waals surface area contributed by atoms with Crippen LogP contribution in [0.2, 0.25) is 0 Å². The Balaban J connectivity index is 1.86. The number of carbonyl (C=O) groups excluding carboxylic acids is 2. The van der Waals surface area contributed by atoms with Crippen LogP contribution in [-0.2, 0) is 31.5 Å². The lowest BCUT2D eigenvalue weighted by molar-refractivity contribution is -0.225. The summed E-state index contributed by atoms with van der Waals surface area (Å²) in [5.74, 6) is -1.71. The van der Waals surface area contributed by atoms with Gasteiger partial charge in [0.2, 0.25) is 0 Å². The fraction of sp³-hybridized carbons (Fsp3) is 0.600. The van der Waals surface area contributed by atoms with Gasteiger partial charge >= 0.3 is 17.8 Å². The molecule has 1 saturated heterocycles. The molecule has 0 radical (unpaired) electrons. The molecule has 1 saturated carbocycles. The van der Waals surface area contributed by atoms with E-state index in [0.29, 0.717) is 18.3 Å². The van der Waals surface area contributed by atoms with E-state index < -0.39 is 17.8 Å². The second-order valence-corrected chi connectivity index (χ2v) is 4.68. The van der Waals surface area contributed by atoms with E-state index in [9.17, 15) is 9.59 Å². The number of esters is 2. The predicted octanol–water partition coefficient (Wildman–Crippen LogP) is -1.03. The summed E-state index contributed by atoms with van der Waals surface area (Å²) in [7, 11) is 0. The Kier molecular flexibility index (Phi) is 1.71. The lowest BCUT2D eigenvalue weighted by Gasteiger charge is -2.32. The molecule has 8 heteroatoms. The van der Waals surface area contributed by atoms with Gasteiger partial charge in [-0.3, -0.25) is 0 Å². The number of hydrogen-bond donors (Lipinski definition) is 1. The molecule has 1 spiro atoms. The number of rotatable bonds is 1. The zero-order valence-electron chi connectivity index (χ0n) is 9.38. The van der Waals surface area contributed by atoms with E-state index in [-0.39, 0.29) is 6.54 Å². The molecule has 8 nitrogen and oxygen atoms in total. The summed E-state index contributed by atoms with van der Waals surface area (Å²) in [6.07, 6.45) is 2.06. The molecule has 0 bridgehead atoms. The van der Waals surface area contributed by atoms with E-state index in [0.717, 1.165) is 18.7 Å². The third-order valence-corrected chi connectivity index (χ3v) is 3.34. The first kappa shape index (κ1) is 10.0. The number of nitrogens with one attached hydrogen (secondary N) is 1. The van der Waals surface area contributed by atoms with Crippen LogP contribution in [0, 0.1) is 0 Å². The molecule has 1 aromatic heterocycles. The molecule has 18 heavy (non-hydrogen) atoms. The van der Waals surface area contributed by atoms with Crippen molar-refractivity contribution < 1.29 is 19.1 Å². The Bertz CT molecular complexity index is 546. The first-order chi connectivity index (χ1) is 8.70. The lowest BCUT2D eigenvalue weighted by atomic mass is 10.3. The number of hydrogen-bond acceptors (Lipinski definition) is 7. The minimum Gasteiger partial charge on any atom is -0.393 e. The zero-order chi connectivity index (χ0) is 12.3. The van der Waals surface area contributed by atoms with E-state index in [1.807, 2.05) is 0 Å². The average molecular weight is 250 g/mol. The van der Waals surface area contributed by atoms with Crippen molar-refractivity contribution in [2.24, 2.45) is 0 Å². The second-order valence-electron chi connectivity index (χ2n) is 4.68. The van der Waals surface area contributed by atoms with E-state index in [4.69, 9.17) is 9.47 Å². The fourth-order valence-electron chi connectivity index (χ4n) is 2.39. The van der Waals surface area contributed by atoms with Crippen molar-refractivity contribution in [2.45, 2.75) is 31.2 Å². The van der Waals surface area contributed by atoms with Crippen LogP contribution in [0.4, 0.5) is 0 Å². The molecular formula is C10H10N4O4. The number of fused-ring (bicyclic) bond motifs is 2. The van der Waals surface area contributed by atoms with Crippen molar-refractivity contribution in [1.29, 1.82) is 0 Å². The van der Waals surface area contributed by atoms with E-state index in [2.05, 4.69) is 15.5 Å². The van der Waals surface area contributed by atoms with Crippen molar-refractivity contribution in [3.8, 4) is 0 Å². The second kappa shape index (κ2) is 3.08. The van der Waals surface area contributed by atoms with Crippen LogP contribution in [0.3, 0.4) is 0 Å². The summed E-state index contributed by atoms with van der Waals surface area (Å²) in [5, 5.41) is 11.2. The van der Waals surface area contributed by atoms with Crippen LogP contribution in [0.5, 0.6) is 0 Å². The molecule has 0 unspecified atom stereocenters. The zero-order valence-corrected chi connectivity index (χ0v) is 9.38. The first-order valence-electron chi connectivity index (χ1n) is 5.81. The molecule has 1 aromatic rings. The SMILES string of the molecule is O=C1OC2(CNCc3nnc(C4CC4)n32)OC1=O. The standard InChI is InChI=1S/C10H10N4O4/c15-8-9(16)18-10(17-8)4-11-3-6-12-13-7(14(6)10)5-1-2-5/h5,11H,1-4H2. The van der Waals surface area contributed by atoms with Gasteiger partial charge in [0, 0.05) is 5.92 Å². The maximum atomic E-state index is 11.3. The molecule has 94 valence electrons. The van der Waals surface area contributed by atoms with E-state index in [1.165, 1.54) is 0 Å². The summed E-state index contributed by atoms with van der Waals surface area (Å²) in [6.45, 7) is 0.728. The minimum absolute atomic E-state index is 0.218. The van der Waals surface area contributed by atoms with E-state index in [1.54, 1.807) is 4.57 Å². The van der Waals surface area contributed by atoms with Crippen LogP contribution >= 0.6 is 0 Å². The van der Waals surface area contributed by atoms with Gasteiger partial charge in [-0.1, -0.05) is 0 Å². The quantitative estimate of drug-likeness (QED) is 0.503. The van der Waals surface area contributed by atoms with Crippen LogP contribution in [-0.4, -0.2) is 33.2 Å². The molecule has 0 amide bonds. The summed E-state index contributed by atoms with van der Waals surface area (Å²) in [6, 6.07) is 0. The molecule has 4 rings (SSSR count). The van der Waals surface area contributed by atoms with Crippen LogP contribution in [0.1, 0.15) is 30.4 Å². The normalized spacial score (nSPS) is 24.9. The topological polar surface area (TPSA) is 95.3 Å². The number of ether oxygens (including phenoxy) is 2. The largest absolute Gasteiger partial charge is 0.422 e. The van der Waals surface area contributed by atoms with Crippen molar-refractivity contribution in [3.05, 3.63) is 11.6 Å². The number of nitrogens with zero attached hydrogens (tertiary/aromatic N) is 3. The molecule has 1 N–H and O–H groups in total. The lowest BCUT2D eigenvalue weighted by Crippen LogP contribution is -2.50. The van der Waals surface area contributed by atoms with Gasteiger partial charge in [0.25, 0.3) is 0 Å². The summed E-state index contributed by atoms with van der Waals surface area (Å²) >= 11 is 0. The fourth-order valence-corrected chi connectivity index (χ4v) is 2.39. The minimum atomic E-state index is -1.43. The maximum Gasteiger partial charge on any atom is 0.422 e. The highest BCUT2D eigenvalue weighted by molar-refractivity contribution is 6.31. The highest BCUT2D eigenvalue weighted by Crippen LogP contribution is 2.42. The summed E-state index contributed by atoms with van der Waals surface area (Å²) in [4.78, 5) is 22.6. The van der Waals surface area contributed by atoms with Gasteiger partial charge in [-0.2, -0.15) is 0 Å². The van der Waals surface area contributed by atoms with Crippen molar-refractivity contribution in [2.75, 3.05) is 6.54 Å². The van der Waals surface area contributed by atoms with Crippen LogP contribution in [0.15, 0.2) is 0 Å². The molecule has 2 aliphatic heterocycles. The van der Waals surface area contributed by atoms with Gasteiger partial charge in [-0.25, -0.2) is 14.2 Å². The molecule has 3 heterocycles. The highest BCUT2D eigenvalue weighted by atomic mass is 16.8. The van der Waals surface area contributed by atoms with E-state index >= 15 is 0 Å². The van der Waals surface area contributed by atoms with Crippen molar-refractivity contribution in [1.82, 2.24) is 20.1 Å². The summed E-state index contributed by atoms with van der Waals surface area (Å²) < 4.78 is 11.9. The van der Waals surface area contributed by atoms with Gasteiger partial charge in [-0.15, -0.1) is 10.2 Å². The maximum absolute atomic E-state index is 11.3. The highest BCUT2D eigenvalue weighted by Gasteiger charge is 2.55. The molecule has 3 aliphatic rings. The Labute approximate surface area is 101 Å². The first-order valence-corrected chi connectivity index (χ1v) is 5.81. The number of carbonyl (C=O) groups is 2. The smallest absolute Gasteiger partial charge is 0.393 e.